The molecule has 0 radical (unpaired) electrons. The molecule has 22 heavy (non-hydrogen) atoms. The molecule has 2 aromatic heterocycles. The highest BCUT2D eigenvalue weighted by molar-refractivity contribution is 5.76. The second-order valence-corrected chi connectivity index (χ2v) is 4.93. The Kier molecular flexibility index (Phi) is 2.69. The van der Waals surface area contributed by atoms with Gasteiger partial charge < -0.3 is 4.98 Å². The zero-order chi connectivity index (χ0) is 15.1. The van der Waals surface area contributed by atoms with Gasteiger partial charge in [-0.2, -0.15) is 4.68 Å². The summed E-state index contributed by atoms with van der Waals surface area (Å²) in [6, 6.07) is 14.9. The Morgan fingerprint density at radius 3 is 2.59 bits per heavy atom. The molecule has 0 amide bonds. The van der Waals surface area contributed by atoms with Crippen molar-refractivity contribution in [1.29, 1.82) is 0 Å². The van der Waals surface area contributed by atoms with E-state index in [1.807, 2.05) is 24.3 Å². The van der Waals surface area contributed by atoms with E-state index in [-0.39, 0.29) is 11.4 Å². The quantitative estimate of drug-likeness (QED) is 0.597. The Balaban J connectivity index is 1.82. The van der Waals surface area contributed by atoms with Crippen molar-refractivity contribution in [2.24, 2.45) is 0 Å². The fourth-order valence-electron chi connectivity index (χ4n) is 2.38. The van der Waals surface area contributed by atoms with Crippen LogP contribution in [-0.2, 0) is 0 Å². The van der Waals surface area contributed by atoms with Crippen LogP contribution in [0.25, 0.3) is 28.2 Å². The zero-order valence-electron chi connectivity index (χ0n) is 11.4. The second-order valence-electron chi connectivity index (χ2n) is 4.93. The van der Waals surface area contributed by atoms with Gasteiger partial charge in [-0.1, -0.05) is 12.1 Å². The van der Waals surface area contributed by atoms with Crippen molar-refractivity contribution in [2.45, 2.75) is 0 Å². The number of aromatic nitrogens is 4. The van der Waals surface area contributed by atoms with Gasteiger partial charge in [0.15, 0.2) is 0 Å². The molecule has 4 aromatic rings. The summed E-state index contributed by atoms with van der Waals surface area (Å²) in [7, 11) is 0. The van der Waals surface area contributed by atoms with Gasteiger partial charge in [0.1, 0.15) is 5.82 Å². The molecule has 0 saturated heterocycles. The van der Waals surface area contributed by atoms with Gasteiger partial charge in [0.2, 0.25) is 5.95 Å². The Hall–Kier alpha value is -3.15. The predicted octanol–water partition coefficient (Wildman–Crippen LogP) is 2.85. The summed E-state index contributed by atoms with van der Waals surface area (Å²) in [5.74, 6) is 0.0994. The summed E-state index contributed by atoms with van der Waals surface area (Å²) in [5, 5.41) is 2.98. The lowest BCUT2D eigenvalue weighted by Crippen LogP contribution is -2.14. The number of nitrogens with zero attached hydrogens (tertiary/aromatic N) is 2. The summed E-state index contributed by atoms with van der Waals surface area (Å²) in [6.45, 7) is 0. The monoisotopic (exact) mass is 294 g/mol. The van der Waals surface area contributed by atoms with Crippen LogP contribution < -0.4 is 5.56 Å². The number of hydrogen-bond donors (Lipinski definition) is 2. The molecule has 0 bridgehead atoms. The number of fused-ring (bicyclic) bond motifs is 1. The maximum atomic E-state index is 13.0. The first-order chi connectivity index (χ1) is 10.7. The highest BCUT2D eigenvalue weighted by atomic mass is 19.1. The van der Waals surface area contributed by atoms with E-state index >= 15 is 0 Å². The molecule has 108 valence electrons. The van der Waals surface area contributed by atoms with E-state index in [1.54, 1.807) is 12.1 Å². The lowest BCUT2D eigenvalue weighted by Gasteiger charge is -1.98. The van der Waals surface area contributed by atoms with Crippen LogP contribution in [-0.4, -0.2) is 19.7 Å². The van der Waals surface area contributed by atoms with Crippen LogP contribution in [0.3, 0.4) is 0 Å². The van der Waals surface area contributed by atoms with Crippen LogP contribution >= 0.6 is 0 Å². The third-order valence-electron chi connectivity index (χ3n) is 3.46. The summed E-state index contributed by atoms with van der Waals surface area (Å²) < 4.78 is 14.3. The predicted molar refractivity (Wildman–Crippen MR) is 81.4 cm³/mol. The molecule has 4 rings (SSSR count). The third kappa shape index (κ3) is 2.01. The van der Waals surface area contributed by atoms with E-state index in [0.717, 1.165) is 16.6 Å². The first-order valence-electron chi connectivity index (χ1n) is 6.74. The first-order valence-corrected chi connectivity index (χ1v) is 6.74. The molecule has 0 fully saturated rings. The van der Waals surface area contributed by atoms with E-state index in [9.17, 15) is 9.18 Å². The normalized spacial score (nSPS) is 11.1. The van der Waals surface area contributed by atoms with Crippen LogP contribution in [0.2, 0.25) is 0 Å². The van der Waals surface area contributed by atoms with Crippen molar-refractivity contribution in [3.8, 4) is 17.2 Å². The van der Waals surface area contributed by atoms with Crippen LogP contribution in [0.1, 0.15) is 0 Å². The van der Waals surface area contributed by atoms with E-state index in [2.05, 4.69) is 15.1 Å². The van der Waals surface area contributed by atoms with Crippen molar-refractivity contribution in [3.63, 3.8) is 0 Å². The molecule has 0 aliphatic heterocycles. The van der Waals surface area contributed by atoms with Gasteiger partial charge in [-0.3, -0.25) is 9.89 Å². The van der Waals surface area contributed by atoms with Gasteiger partial charge in [-0.05, 0) is 42.0 Å². The molecule has 0 saturated carbocycles. The third-order valence-corrected chi connectivity index (χ3v) is 3.46. The van der Waals surface area contributed by atoms with Crippen molar-refractivity contribution in [3.05, 3.63) is 70.8 Å². The van der Waals surface area contributed by atoms with Crippen molar-refractivity contribution in [2.75, 3.05) is 0 Å². The topological polar surface area (TPSA) is 66.5 Å². The number of nitrogens with one attached hydrogen (secondary N) is 2. The molecule has 0 aliphatic rings. The number of rotatable bonds is 2. The molecule has 0 aliphatic carbocycles. The number of halogens is 1. The van der Waals surface area contributed by atoms with Gasteiger partial charge in [-0.15, -0.1) is 0 Å². The van der Waals surface area contributed by atoms with Crippen LogP contribution in [0.15, 0.2) is 59.4 Å². The van der Waals surface area contributed by atoms with Crippen molar-refractivity contribution >= 4 is 11.0 Å². The van der Waals surface area contributed by atoms with Crippen LogP contribution in [0, 0.1) is 5.82 Å². The van der Waals surface area contributed by atoms with Gasteiger partial charge in [0, 0.05) is 6.07 Å². The Bertz CT molecular complexity index is 977. The minimum atomic E-state index is -0.317. The largest absolute Gasteiger partial charge is 0.322 e. The van der Waals surface area contributed by atoms with Crippen LogP contribution in [0.5, 0.6) is 0 Å². The molecule has 2 heterocycles. The van der Waals surface area contributed by atoms with Gasteiger partial charge >= 0.3 is 0 Å². The Labute approximate surface area is 124 Å². The number of hydrogen-bond acceptors (Lipinski definition) is 2. The van der Waals surface area contributed by atoms with Crippen molar-refractivity contribution < 1.29 is 4.39 Å². The summed E-state index contributed by atoms with van der Waals surface area (Å²) in [4.78, 5) is 19.6. The smallest absolute Gasteiger partial charge is 0.274 e. The average molecular weight is 294 g/mol. The van der Waals surface area contributed by atoms with E-state index in [0.29, 0.717) is 11.6 Å². The SMILES string of the molecule is O=c1cc(-c2ccc(F)cc2)[nH]n1-c1nc2ccccc2[nH]1. The van der Waals surface area contributed by atoms with Gasteiger partial charge in [-0.25, -0.2) is 9.37 Å². The molecule has 6 heteroatoms. The standard InChI is InChI=1S/C16H11FN4O/c17-11-7-5-10(6-8-11)14-9-15(22)21(20-14)16-18-12-3-1-2-4-13(12)19-16/h1-9,20H,(H,18,19). The van der Waals surface area contributed by atoms with E-state index in [1.165, 1.54) is 22.9 Å². The number of imidazole rings is 1. The fraction of sp³-hybridized carbons (Fsp3) is 0. The van der Waals surface area contributed by atoms with E-state index < -0.39 is 0 Å². The number of para-hydroxylation sites is 2. The number of H-pyrrole nitrogens is 2. The molecule has 0 spiro atoms. The number of aromatic amines is 2. The van der Waals surface area contributed by atoms with E-state index in [4.69, 9.17) is 0 Å². The highest BCUT2D eigenvalue weighted by Gasteiger charge is 2.10. The molecule has 2 aromatic carbocycles. The lowest BCUT2D eigenvalue weighted by molar-refractivity contribution is 0.628. The summed E-state index contributed by atoms with van der Waals surface area (Å²) >= 11 is 0. The zero-order valence-corrected chi connectivity index (χ0v) is 11.4. The second kappa shape index (κ2) is 4.70. The molecule has 2 N–H and O–H groups in total. The molecule has 0 atom stereocenters. The van der Waals surface area contributed by atoms with Gasteiger partial charge in [0.25, 0.3) is 5.56 Å². The Morgan fingerprint density at radius 1 is 1.05 bits per heavy atom. The van der Waals surface area contributed by atoms with Crippen LogP contribution in [0.4, 0.5) is 4.39 Å². The van der Waals surface area contributed by atoms with Crippen molar-refractivity contribution in [1.82, 2.24) is 19.7 Å². The highest BCUT2D eigenvalue weighted by Crippen LogP contribution is 2.17. The molecule has 5 nitrogen and oxygen atoms in total. The van der Waals surface area contributed by atoms with Gasteiger partial charge in [0.05, 0.1) is 16.7 Å². The average Bonchev–Trinajstić information content (AvgIpc) is 3.11. The molecular weight excluding hydrogens is 283 g/mol. The Morgan fingerprint density at radius 2 is 1.82 bits per heavy atom. The minimum absolute atomic E-state index is 0.238. The lowest BCUT2D eigenvalue weighted by atomic mass is 10.1. The first kappa shape index (κ1) is 12.6. The molecule has 0 unspecified atom stereocenters. The fourth-order valence-corrected chi connectivity index (χ4v) is 2.38. The maximum Gasteiger partial charge on any atom is 0.274 e. The minimum Gasteiger partial charge on any atom is -0.322 e. The summed E-state index contributed by atoms with van der Waals surface area (Å²) in [6.07, 6.45) is 0. The summed E-state index contributed by atoms with van der Waals surface area (Å²) in [5.41, 5.74) is 2.72. The molecular formula is C16H11FN4O. The maximum absolute atomic E-state index is 13.0. The number of benzene rings is 2.